The number of aromatic nitrogens is 4. The number of hydrogen-bond donors (Lipinski definition) is 0. The highest BCUT2D eigenvalue weighted by Gasteiger charge is 2.23. The average Bonchev–Trinajstić information content (AvgIpc) is 2.96. The van der Waals surface area contributed by atoms with Gasteiger partial charge in [-0.1, -0.05) is 37.5 Å². The molecule has 0 saturated heterocycles. The maximum absolute atomic E-state index is 12.4. The maximum atomic E-state index is 12.4. The van der Waals surface area contributed by atoms with Gasteiger partial charge in [0.1, 0.15) is 6.54 Å². The third-order valence-corrected chi connectivity index (χ3v) is 4.44. The molecule has 1 aromatic heterocycles. The predicted octanol–water partition coefficient (Wildman–Crippen LogP) is 1.22. The molecule has 1 aromatic carbocycles. The Bertz CT molecular complexity index is 716. The van der Waals surface area contributed by atoms with Gasteiger partial charge in [-0.2, -0.15) is 9.36 Å². The van der Waals surface area contributed by atoms with Crippen molar-refractivity contribution in [3.05, 3.63) is 40.8 Å². The van der Waals surface area contributed by atoms with Crippen molar-refractivity contribution in [2.24, 2.45) is 0 Å². The summed E-state index contributed by atoms with van der Waals surface area (Å²) in [5, 5.41) is 7.69. The van der Waals surface area contributed by atoms with Crippen LogP contribution in [0.1, 0.15) is 32.1 Å². The van der Waals surface area contributed by atoms with Crippen molar-refractivity contribution in [3.8, 4) is 5.69 Å². The molecule has 0 N–H and O–H groups in total. The van der Waals surface area contributed by atoms with E-state index >= 15 is 0 Å². The number of carbonyl (C=O) groups excluding carboxylic acids is 1. The second-order valence-electron chi connectivity index (χ2n) is 5.96. The SMILES string of the molecule is CN(C(=O)Cn1nnn(-c2ccccc2)c1=O)C1CCCCC1. The molecule has 0 atom stereocenters. The monoisotopic (exact) mass is 315 g/mol. The van der Waals surface area contributed by atoms with E-state index in [9.17, 15) is 9.59 Å². The van der Waals surface area contributed by atoms with Crippen LogP contribution in [0.25, 0.3) is 5.69 Å². The molecular formula is C16H21N5O2. The molecule has 0 aliphatic heterocycles. The van der Waals surface area contributed by atoms with Crippen LogP contribution in [0.3, 0.4) is 0 Å². The van der Waals surface area contributed by atoms with Gasteiger partial charge in [-0.3, -0.25) is 4.79 Å². The van der Waals surface area contributed by atoms with E-state index in [1.54, 1.807) is 17.0 Å². The van der Waals surface area contributed by atoms with Crippen molar-refractivity contribution in [2.45, 2.75) is 44.7 Å². The second-order valence-corrected chi connectivity index (χ2v) is 5.96. The zero-order valence-corrected chi connectivity index (χ0v) is 13.3. The topological polar surface area (TPSA) is 73.0 Å². The zero-order chi connectivity index (χ0) is 16.2. The number of carbonyl (C=O) groups is 1. The molecule has 7 nitrogen and oxygen atoms in total. The number of benzene rings is 1. The first kappa shape index (κ1) is 15.5. The molecule has 1 fully saturated rings. The van der Waals surface area contributed by atoms with Gasteiger partial charge in [0.15, 0.2) is 0 Å². The van der Waals surface area contributed by atoms with E-state index in [-0.39, 0.29) is 18.5 Å². The number of amides is 1. The van der Waals surface area contributed by atoms with Gasteiger partial charge in [0.25, 0.3) is 0 Å². The first-order valence-electron chi connectivity index (χ1n) is 8.01. The number of likely N-dealkylation sites (N-methyl/N-ethyl adjacent to an activating group) is 1. The molecule has 0 spiro atoms. The van der Waals surface area contributed by atoms with Gasteiger partial charge < -0.3 is 4.90 Å². The lowest BCUT2D eigenvalue weighted by Crippen LogP contribution is -2.41. The van der Waals surface area contributed by atoms with Crippen LogP contribution in [0.5, 0.6) is 0 Å². The largest absolute Gasteiger partial charge is 0.368 e. The average molecular weight is 315 g/mol. The van der Waals surface area contributed by atoms with Crippen molar-refractivity contribution in [3.63, 3.8) is 0 Å². The number of para-hydroxylation sites is 1. The first-order chi connectivity index (χ1) is 11.2. The van der Waals surface area contributed by atoms with Crippen LogP contribution in [0.4, 0.5) is 0 Å². The minimum Gasteiger partial charge on any atom is -0.341 e. The van der Waals surface area contributed by atoms with Crippen LogP contribution in [-0.2, 0) is 11.3 Å². The van der Waals surface area contributed by atoms with Crippen LogP contribution >= 0.6 is 0 Å². The summed E-state index contributed by atoms with van der Waals surface area (Å²) in [6, 6.07) is 9.33. The lowest BCUT2D eigenvalue weighted by atomic mass is 9.94. The summed E-state index contributed by atoms with van der Waals surface area (Å²) in [5.41, 5.74) is 0.235. The van der Waals surface area contributed by atoms with Crippen LogP contribution in [0.2, 0.25) is 0 Å². The van der Waals surface area contributed by atoms with E-state index < -0.39 is 5.69 Å². The number of rotatable bonds is 4. The molecule has 7 heteroatoms. The standard InChI is InChI=1S/C16H21N5O2/c1-19(13-8-4-2-5-9-13)15(22)12-20-16(23)21(18-17-20)14-10-6-3-7-11-14/h3,6-7,10-11,13H,2,4-5,8-9,12H2,1H3. The Kier molecular flexibility index (Phi) is 4.55. The van der Waals surface area contributed by atoms with Gasteiger partial charge in [0.2, 0.25) is 5.91 Å². The van der Waals surface area contributed by atoms with Gasteiger partial charge in [-0.05, 0) is 35.4 Å². The first-order valence-corrected chi connectivity index (χ1v) is 8.01. The Labute approximate surface area is 134 Å². The summed E-state index contributed by atoms with van der Waals surface area (Å²) in [5.74, 6) is -0.0980. The van der Waals surface area contributed by atoms with Gasteiger partial charge in [-0.15, -0.1) is 0 Å². The van der Waals surface area contributed by atoms with Gasteiger partial charge in [-0.25, -0.2) is 4.79 Å². The molecule has 1 aliphatic carbocycles. The minimum atomic E-state index is -0.401. The predicted molar refractivity (Wildman–Crippen MR) is 85.3 cm³/mol. The second kappa shape index (κ2) is 6.76. The molecule has 2 aromatic rings. The zero-order valence-electron chi connectivity index (χ0n) is 13.3. The quantitative estimate of drug-likeness (QED) is 0.850. The van der Waals surface area contributed by atoms with Crippen LogP contribution in [0, 0.1) is 0 Å². The summed E-state index contributed by atoms with van der Waals surface area (Å²) in [6.07, 6.45) is 5.63. The normalized spacial score (nSPS) is 15.5. The summed E-state index contributed by atoms with van der Waals surface area (Å²) < 4.78 is 2.32. The van der Waals surface area contributed by atoms with E-state index in [1.807, 2.05) is 25.2 Å². The van der Waals surface area contributed by atoms with Crippen molar-refractivity contribution in [1.29, 1.82) is 0 Å². The fraction of sp³-hybridized carbons (Fsp3) is 0.500. The van der Waals surface area contributed by atoms with Crippen LogP contribution < -0.4 is 5.69 Å². The molecule has 0 radical (unpaired) electrons. The number of nitrogens with zero attached hydrogens (tertiary/aromatic N) is 5. The van der Waals surface area contributed by atoms with Crippen LogP contribution in [-0.4, -0.2) is 43.7 Å². The fourth-order valence-electron chi connectivity index (χ4n) is 3.02. The highest BCUT2D eigenvalue weighted by molar-refractivity contribution is 5.75. The molecule has 3 rings (SSSR count). The van der Waals surface area contributed by atoms with Gasteiger partial charge >= 0.3 is 5.69 Å². The van der Waals surface area contributed by atoms with Crippen molar-refractivity contribution in [1.82, 2.24) is 24.7 Å². The molecule has 23 heavy (non-hydrogen) atoms. The highest BCUT2D eigenvalue weighted by Crippen LogP contribution is 2.21. The smallest absolute Gasteiger partial charge is 0.341 e. The Morgan fingerprint density at radius 2 is 1.87 bits per heavy atom. The van der Waals surface area contributed by atoms with E-state index in [4.69, 9.17) is 0 Å². The Morgan fingerprint density at radius 3 is 2.57 bits per heavy atom. The lowest BCUT2D eigenvalue weighted by molar-refractivity contribution is -0.133. The van der Waals surface area contributed by atoms with Gasteiger partial charge in [0, 0.05) is 13.1 Å². The molecular weight excluding hydrogens is 294 g/mol. The molecule has 1 aliphatic rings. The summed E-state index contributed by atoms with van der Waals surface area (Å²) in [7, 11) is 1.81. The van der Waals surface area contributed by atoms with Crippen molar-refractivity contribution >= 4 is 5.91 Å². The van der Waals surface area contributed by atoms with E-state index in [1.165, 1.54) is 11.1 Å². The van der Waals surface area contributed by atoms with Gasteiger partial charge in [0.05, 0.1) is 5.69 Å². The summed E-state index contributed by atoms with van der Waals surface area (Å²) in [6.45, 7) is -0.0708. The molecule has 1 heterocycles. The summed E-state index contributed by atoms with van der Waals surface area (Å²) in [4.78, 5) is 26.5. The lowest BCUT2D eigenvalue weighted by Gasteiger charge is -2.31. The summed E-state index contributed by atoms with van der Waals surface area (Å²) >= 11 is 0. The highest BCUT2D eigenvalue weighted by atomic mass is 16.2. The Hall–Kier alpha value is -2.44. The number of tetrazole rings is 1. The Morgan fingerprint density at radius 1 is 1.17 bits per heavy atom. The molecule has 0 bridgehead atoms. The van der Waals surface area contributed by atoms with Crippen molar-refractivity contribution < 1.29 is 4.79 Å². The number of hydrogen-bond acceptors (Lipinski definition) is 4. The minimum absolute atomic E-state index is 0.0708. The molecule has 1 saturated carbocycles. The Balaban J connectivity index is 1.72. The van der Waals surface area contributed by atoms with E-state index in [0.717, 1.165) is 30.4 Å². The maximum Gasteiger partial charge on any atom is 0.368 e. The van der Waals surface area contributed by atoms with E-state index in [2.05, 4.69) is 10.4 Å². The van der Waals surface area contributed by atoms with Crippen LogP contribution in [0.15, 0.2) is 35.1 Å². The third kappa shape index (κ3) is 3.33. The molecule has 122 valence electrons. The molecule has 0 unspecified atom stereocenters. The molecule has 1 amide bonds. The van der Waals surface area contributed by atoms with Crippen molar-refractivity contribution in [2.75, 3.05) is 7.05 Å². The third-order valence-electron chi connectivity index (χ3n) is 4.44. The fourth-order valence-corrected chi connectivity index (χ4v) is 3.02. The van der Waals surface area contributed by atoms with E-state index in [0.29, 0.717) is 5.69 Å².